The van der Waals surface area contributed by atoms with E-state index in [1.807, 2.05) is 30.3 Å². The number of aliphatic hydroxyl groups excluding tert-OH is 1. The summed E-state index contributed by atoms with van der Waals surface area (Å²) in [7, 11) is 0. The monoisotopic (exact) mass is 264 g/mol. The average molecular weight is 264 g/mol. The van der Waals surface area contributed by atoms with Crippen molar-refractivity contribution in [2.75, 3.05) is 26.2 Å². The van der Waals surface area contributed by atoms with Gasteiger partial charge in [0.05, 0.1) is 6.61 Å². The number of carbonyl (C=O) groups excluding carboxylic acids is 1. The van der Waals surface area contributed by atoms with Gasteiger partial charge in [0.1, 0.15) is 6.61 Å². The Morgan fingerprint density at radius 3 is 2.95 bits per heavy atom. The number of aliphatic hydroxyl groups is 1. The normalized spacial score (nSPS) is 19.8. The van der Waals surface area contributed by atoms with Crippen molar-refractivity contribution in [2.24, 2.45) is 0 Å². The van der Waals surface area contributed by atoms with Gasteiger partial charge >= 0.3 is 6.09 Å². The molecule has 1 aliphatic heterocycles. The van der Waals surface area contributed by atoms with Gasteiger partial charge in [-0.15, -0.1) is 0 Å². The van der Waals surface area contributed by atoms with Crippen molar-refractivity contribution in [1.29, 1.82) is 0 Å². The highest BCUT2D eigenvalue weighted by Crippen LogP contribution is 2.06. The SMILES string of the molecule is O=C(OCc1ccccc1)N1CCCN[C@H](CO)C1. The number of nitrogens with one attached hydrogen (secondary N) is 1. The maximum absolute atomic E-state index is 12.0. The number of nitrogens with zero attached hydrogens (tertiary/aromatic N) is 1. The molecule has 5 nitrogen and oxygen atoms in total. The first-order valence-corrected chi connectivity index (χ1v) is 6.59. The van der Waals surface area contributed by atoms with E-state index in [2.05, 4.69) is 5.32 Å². The van der Waals surface area contributed by atoms with E-state index in [0.717, 1.165) is 18.5 Å². The molecule has 1 heterocycles. The minimum atomic E-state index is -0.314. The van der Waals surface area contributed by atoms with Crippen LogP contribution < -0.4 is 5.32 Å². The quantitative estimate of drug-likeness (QED) is 0.854. The zero-order valence-corrected chi connectivity index (χ0v) is 10.9. The zero-order chi connectivity index (χ0) is 13.5. The van der Waals surface area contributed by atoms with Crippen molar-refractivity contribution in [3.05, 3.63) is 35.9 Å². The number of amides is 1. The highest BCUT2D eigenvalue weighted by atomic mass is 16.6. The minimum absolute atomic E-state index is 0.0302. The molecular formula is C14H20N2O3. The van der Waals surface area contributed by atoms with E-state index in [-0.39, 0.29) is 25.3 Å². The molecule has 1 atom stereocenters. The van der Waals surface area contributed by atoms with Gasteiger partial charge in [-0.1, -0.05) is 30.3 Å². The van der Waals surface area contributed by atoms with Crippen LogP contribution in [0.2, 0.25) is 0 Å². The Bertz CT molecular complexity index is 397. The lowest BCUT2D eigenvalue weighted by molar-refractivity contribution is 0.0924. The molecule has 1 amide bonds. The Balaban J connectivity index is 1.84. The maximum Gasteiger partial charge on any atom is 0.410 e. The fraction of sp³-hybridized carbons (Fsp3) is 0.500. The lowest BCUT2D eigenvalue weighted by Gasteiger charge is -2.22. The number of benzene rings is 1. The average Bonchev–Trinajstić information content (AvgIpc) is 2.71. The summed E-state index contributed by atoms with van der Waals surface area (Å²) in [6, 6.07) is 9.55. The fourth-order valence-electron chi connectivity index (χ4n) is 2.10. The summed E-state index contributed by atoms with van der Waals surface area (Å²) in [6.07, 6.45) is 0.558. The molecule has 0 aromatic heterocycles. The van der Waals surface area contributed by atoms with Crippen molar-refractivity contribution < 1.29 is 14.6 Å². The van der Waals surface area contributed by atoms with Crippen LogP contribution in [-0.4, -0.2) is 48.4 Å². The fourth-order valence-corrected chi connectivity index (χ4v) is 2.10. The van der Waals surface area contributed by atoms with Gasteiger partial charge in [0.25, 0.3) is 0 Å². The summed E-state index contributed by atoms with van der Waals surface area (Å²) in [6.45, 7) is 2.28. The van der Waals surface area contributed by atoms with Crippen LogP contribution in [0.3, 0.4) is 0 Å². The smallest absolute Gasteiger partial charge is 0.410 e. The van der Waals surface area contributed by atoms with Crippen LogP contribution in [0.1, 0.15) is 12.0 Å². The van der Waals surface area contributed by atoms with Crippen LogP contribution in [0, 0.1) is 0 Å². The Hall–Kier alpha value is -1.59. The molecule has 0 spiro atoms. The van der Waals surface area contributed by atoms with Gasteiger partial charge in [0.15, 0.2) is 0 Å². The van der Waals surface area contributed by atoms with Crippen LogP contribution >= 0.6 is 0 Å². The van der Waals surface area contributed by atoms with Gasteiger partial charge in [-0.3, -0.25) is 0 Å². The van der Waals surface area contributed by atoms with E-state index >= 15 is 0 Å². The van der Waals surface area contributed by atoms with Crippen LogP contribution in [0.5, 0.6) is 0 Å². The Kier molecular flexibility index (Phi) is 5.18. The van der Waals surface area contributed by atoms with E-state index in [0.29, 0.717) is 13.1 Å². The number of hydrogen-bond acceptors (Lipinski definition) is 4. The molecule has 0 saturated carbocycles. The summed E-state index contributed by atoms with van der Waals surface area (Å²) in [5.74, 6) is 0. The molecule has 1 aromatic rings. The number of rotatable bonds is 3. The summed E-state index contributed by atoms with van der Waals surface area (Å²) in [5.41, 5.74) is 0.975. The molecule has 1 fully saturated rings. The van der Waals surface area contributed by atoms with Gasteiger partial charge in [-0.05, 0) is 18.5 Å². The van der Waals surface area contributed by atoms with Crippen LogP contribution in [-0.2, 0) is 11.3 Å². The summed E-state index contributed by atoms with van der Waals surface area (Å²) in [4.78, 5) is 13.6. The van der Waals surface area contributed by atoms with Gasteiger partial charge in [0.2, 0.25) is 0 Å². The molecule has 1 saturated heterocycles. The standard InChI is InChI=1S/C14H20N2O3/c17-10-13-9-16(8-4-7-15-13)14(18)19-11-12-5-2-1-3-6-12/h1-3,5-6,13,15,17H,4,7-11H2/t13-/m0/s1. The molecule has 104 valence electrons. The van der Waals surface area contributed by atoms with E-state index in [4.69, 9.17) is 4.74 Å². The molecule has 0 unspecified atom stereocenters. The molecule has 2 N–H and O–H groups in total. The van der Waals surface area contributed by atoms with E-state index in [9.17, 15) is 9.90 Å². The van der Waals surface area contributed by atoms with Crippen molar-refractivity contribution in [3.8, 4) is 0 Å². The molecule has 0 radical (unpaired) electrons. The molecule has 5 heteroatoms. The number of ether oxygens (including phenoxy) is 1. The molecular weight excluding hydrogens is 244 g/mol. The predicted octanol–water partition coefficient (Wildman–Crippen LogP) is 0.979. The van der Waals surface area contributed by atoms with Crippen molar-refractivity contribution in [3.63, 3.8) is 0 Å². The van der Waals surface area contributed by atoms with Crippen molar-refractivity contribution in [1.82, 2.24) is 10.2 Å². The highest BCUT2D eigenvalue weighted by Gasteiger charge is 2.22. The molecule has 19 heavy (non-hydrogen) atoms. The second-order valence-corrected chi connectivity index (χ2v) is 4.67. The van der Waals surface area contributed by atoms with Gasteiger partial charge in [-0.2, -0.15) is 0 Å². The summed E-state index contributed by atoms with van der Waals surface area (Å²) < 4.78 is 5.29. The van der Waals surface area contributed by atoms with Crippen molar-refractivity contribution >= 4 is 6.09 Å². The molecule has 1 aromatic carbocycles. The second kappa shape index (κ2) is 7.11. The molecule has 1 aliphatic rings. The maximum atomic E-state index is 12.0. The lowest BCUT2D eigenvalue weighted by atomic mass is 10.2. The first-order valence-electron chi connectivity index (χ1n) is 6.59. The third-order valence-electron chi connectivity index (χ3n) is 3.16. The lowest BCUT2D eigenvalue weighted by Crippen LogP contribution is -2.42. The van der Waals surface area contributed by atoms with Crippen LogP contribution in [0.25, 0.3) is 0 Å². The van der Waals surface area contributed by atoms with Gasteiger partial charge in [0, 0.05) is 19.1 Å². The molecule has 0 bridgehead atoms. The second-order valence-electron chi connectivity index (χ2n) is 4.67. The zero-order valence-electron chi connectivity index (χ0n) is 10.9. The Morgan fingerprint density at radius 1 is 1.42 bits per heavy atom. The number of hydrogen-bond donors (Lipinski definition) is 2. The molecule has 2 rings (SSSR count). The minimum Gasteiger partial charge on any atom is -0.445 e. The van der Waals surface area contributed by atoms with E-state index < -0.39 is 0 Å². The number of carbonyl (C=O) groups is 1. The largest absolute Gasteiger partial charge is 0.445 e. The summed E-state index contributed by atoms with van der Waals surface area (Å²) >= 11 is 0. The predicted molar refractivity (Wildman–Crippen MR) is 71.7 cm³/mol. The van der Waals surface area contributed by atoms with Gasteiger partial charge in [-0.25, -0.2) is 4.79 Å². The van der Waals surface area contributed by atoms with E-state index in [1.165, 1.54) is 0 Å². The summed E-state index contributed by atoms with van der Waals surface area (Å²) in [5, 5.41) is 12.4. The molecule has 0 aliphatic carbocycles. The third-order valence-corrected chi connectivity index (χ3v) is 3.16. The van der Waals surface area contributed by atoms with Crippen LogP contribution in [0.4, 0.5) is 4.79 Å². The Labute approximate surface area is 113 Å². The van der Waals surface area contributed by atoms with Gasteiger partial charge < -0.3 is 20.1 Å². The first-order chi connectivity index (χ1) is 9.29. The van der Waals surface area contributed by atoms with Crippen LogP contribution in [0.15, 0.2) is 30.3 Å². The van der Waals surface area contributed by atoms with Crippen molar-refractivity contribution in [2.45, 2.75) is 19.1 Å². The first kappa shape index (κ1) is 13.8. The topological polar surface area (TPSA) is 61.8 Å². The highest BCUT2D eigenvalue weighted by molar-refractivity contribution is 5.67. The van der Waals surface area contributed by atoms with E-state index in [1.54, 1.807) is 4.90 Å². The Morgan fingerprint density at radius 2 is 2.21 bits per heavy atom. The third kappa shape index (κ3) is 4.22.